The smallest absolute Gasteiger partial charge is 0.250 e. The molecule has 3 aliphatic heterocycles. The number of anilines is 1. The minimum absolute atomic E-state index is 0.0374. The molecule has 1 unspecified atom stereocenters. The number of ketones is 6. The van der Waals surface area contributed by atoms with Crippen LogP contribution in [0, 0.1) is 5.41 Å². The quantitative estimate of drug-likeness (QED) is 0.0223. The van der Waals surface area contributed by atoms with Crippen molar-refractivity contribution in [3.05, 3.63) is 29.8 Å². The van der Waals surface area contributed by atoms with E-state index < -0.39 is 98.2 Å². The van der Waals surface area contributed by atoms with E-state index in [1.165, 1.54) is 11.8 Å². The van der Waals surface area contributed by atoms with Crippen LogP contribution in [0.2, 0.25) is 0 Å². The first-order chi connectivity index (χ1) is 31.7. The molecular formula is C43H53N5O16S3. The Kier molecular flexibility index (Phi) is 20.6. The molecule has 24 heteroatoms. The van der Waals surface area contributed by atoms with E-state index in [1.807, 2.05) is 0 Å². The van der Waals surface area contributed by atoms with Crippen molar-refractivity contribution in [2.24, 2.45) is 5.41 Å². The van der Waals surface area contributed by atoms with Gasteiger partial charge in [0.25, 0.3) is 0 Å². The van der Waals surface area contributed by atoms with Gasteiger partial charge in [0.15, 0.2) is 38.8 Å². The average molecular weight is 992 g/mol. The van der Waals surface area contributed by atoms with Gasteiger partial charge in [0.1, 0.15) is 13.2 Å². The van der Waals surface area contributed by atoms with Crippen LogP contribution in [-0.4, -0.2) is 166 Å². The van der Waals surface area contributed by atoms with E-state index in [0.717, 1.165) is 64.6 Å². The van der Waals surface area contributed by atoms with E-state index >= 15 is 0 Å². The number of nitrogens with zero attached hydrogens (tertiary/aromatic N) is 2. The normalized spacial score (nSPS) is 16.7. The number of amides is 7. The van der Waals surface area contributed by atoms with Crippen LogP contribution in [0.25, 0.3) is 0 Å². The van der Waals surface area contributed by atoms with Crippen molar-refractivity contribution < 1.29 is 76.5 Å². The fourth-order valence-corrected chi connectivity index (χ4v) is 10.4. The third-order valence-corrected chi connectivity index (χ3v) is 15.1. The van der Waals surface area contributed by atoms with Crippen LogP contribution >= 0.6 is 33.3 Å². The average Bonchev–Trinajstić information content (AvgIpc) is 4.03. The number of carbonyl (C=O) groups is 13. The lowest BCUT2D eigenvalue weighted by Gasteiger charge is -2.28. The number of thioether (sulfide) groups is 1. The summed E-state index contributed by atoms with van der Waals surface area (Å²) in [6.45, 7) is 3.46. The van der Waals surface area contributed by atoms with Crippen molar-refractivity contribution in [3.63, 3.8) is 0 Å². The van der Waals surface area contributed by atoms with Crippen LogP contribution in [0.1, 0.15) is 65.4 Å². The molecule has 0 spiro atoms. The van der Waals surface area contributed by atoms with E-state index in [4.69, 9.17) is 14.2 Å². The Labute approximate surface area is 397 Å². The highest BCUT2D eigenvalue weighted by molar-refractivity contribution is 8.94. The van der Waals surface area contributed by atoms with Crippen LogP contribution < -0.4 is 16.0 Å². The Morgan fingerprint density at radius 2 is 1.40 bits per heavy atom. The van der Waals surface area contributed by atoms with Gasteiger partial charge >= 0.3 is 0 Å². The number of ether oxygens (including phenoxy) is 3. The molecule has 364 valence electrons. The summed E-state index contributed by atoms with van der Waals surface area (Å²) in [6, 6.07) is 5.44. The summed E-state index contributed by atoms with van der Waals surface area (Å²) in [6.07, 6.45) is 0.187. The molecule has 1 aromatic carbocycles. The third-order valence-electron chi connectivity index (χ3n) is 10.8. The molecule has 67 heavy (non-hydrogen) atoms. The topological polar surface area (TPSA) is 292 Å². The fourth-order valence-electron chi connectivity index (χ4n) is 7.02. The SMILES string of the molecule is CC(=O)C1(C(=O)[C@H](CSC2CC(=O)N(CCC(=O)NCCOCCOCCC(=O)C(C(C)=O)(C(C)=O)C(C)=O)C2=O)NC(=O)COCC(=O)Nc2ccc(CCC(=O)N3CCC3=O)cc2)SS1. The summed E-state index contributed by atoms with van der Waals surface area (Å²) in [7, 11) is 2.06. The lowest BCUT2D eigenvalue weighted by Crippen LogP contribution is -2.50. The van der Waals surface area contributed by atoms with Crippen molar-refractivity contribution in [1.82, 2.24) is 20.4 Å². The first kappa shape index (κ1) is 54.5. The zero-order valence-electron chi connectivity index (χ0n) is 37.4. The Morgan fingerprint density at radius 1 is 0.776 bits per heavy atom. The number of likely N-dealkylation sites (tertiary alicyclic amines) is 2. The van der Waals surface area contributed by atoms with Crippen molar-refractivity contribution in [2.45, 2.75) is 81.6 Å². The number of imide groups is 2. The van der Waals surface area contributed by atoms with Crippen LogP contribution in [-0.2, 0) is 83.0 Å². The summed E-state index contributed by atoms with van der Waals surface area (Å²) < 4.78 is 14.5. The van der Waals surface area contributed by atoms with Gasteiger partial charge in [0.05, 0.1) is 37.7 Å². The largest absolute Gasteiger partial charge is 0.379 e. The van der Waals surface area contributed by atoms with Crippen LogP contribution in [0.3, 0.4) is 0 Å². The Morgan fingerprint density at radius 3 is 1.97 bits per heavy atom. The monoisotopic (exact) mass is 991 g/mol. The first-order valence-corrected chi connectivity index (χ1v) is 24.4. The number of aryl methyl sites for hydroxylation is 1. The van der Waals surface area contributed by atoms with Gasteiger partial charge < -0.3 is 30.2 Å². The lowest BCUT2D eigenvalue weighted by atomic mass is 9.72. The standard InChI is InChI=1S/C43H53N5O16S3/c1-25(49)42(26(2)50,27(3)51)33(53)13-17-62-19-20-63-18-14-44-34(54)11-15-48-39(59)21-32(41(48)61)65-24-31(40(60)43(28(4)52)66-67-43)46-36(56)23-64-22-35(55)45-30-8-5-29(6-9-30)7-10-37(57)47-16-12-38(47)58/h5-6,8-9,31-32H,7,10-24H2,1-4H3,(H,44,54)(H,45,55)(H,46,56)/t31-,32?/m0/s1. The summed E-state index contributed by atoms with van der Waals surface area (Å²) in [5.41, 5.74) is -1.07. The van der Waals surface area contributed by atoms with Gasteiger partial charge in [-0.1, -0.05) is 33.7 Å². The third kappa shape index (κ3) is 14.7. The number of nitrogens with one attached hydrogen (secondary N) is 3. The van der Waals surface area contributed by atoms with Gasteiger partial charge in [0.2, 0.25) is 46.8 Å². The van der Waals surface area contributed by atoms with Crippen LogP contribution in [0.15, 0.2) is 24.3 Å². The molecule has 0 radical (unpaired) electrons. The zero-order valence-corrected chi connectivity index (χ0v) is 39.9. The Bertz CT molecular complexity index is 2110. The van der Waals surface area contributed by atoms with Crippen molar-refractivity contribution in [1.29, 1.82) is 0 Å². The molecule has 0 saturated carbocycles. The molecule has 4 rings (SSSR count). The predicted octanol–water partition coefficient (Wildman–Crippen LogP) is 0.180. The minimum atomic E-state index is -2.33. The summed E-state index contributed by atoms with van der Waals surface area (Å²) >= 11 is 0.941. The number of benzene rings is 1. The summed E-state index contributed by atoms with van der Waals surface area (Å²) in [4.78, 5) is 164. The molecule has 7 amide bonds. The second-order valence-electron chi connectivity index (χ2n) is 15.6. The fraction of sp³-hybridized carbons (Fsp3) is 0.558. The highest BCUT2D eigenvalue weighted by Gasteiger charge is 2.60. The van der Waals surface area contributed by atoms with Crippen LogP contribution in [0.4, 0.5) is 5.69 Å². The number of Topliss-reactive ketones (excluding diaryl/α,β-unsaturated/α-hetero) is 6. The molecule has 3 N–H and O–H groups in total. The van der Waals surface area contributed by atoms with Crippen molar-refractivity contribution in [2.75, 3.05) is 70.3 Å². The molecule has 1 aromatic rings. The molecule has 0 aliphatic carbocycles. The van der Waals surface area contributed by atoms with Gasteiger partial charge in [-0.2, -0.15) is 0 Å². The highest BCUT2D eigenvalue weighted by atomic mass is 33.2. The molecule has 3 fully saturated rings. The number of hydrogen-bond donors (Lipinski definition) is 3. The van der Waals surface area contributed by atoms with Gasteiger partial charge in [0, 0.05) is 63.2 Å². The van der Waals surface area contributed by atoms with E-state index in [0.29, 0.717) is 25.1 Å². The number of β-lactam (4-membered cyclic amide) rings is 1. The molecule has 0 aromatic heterocycles. The molecule has 21 nitrogen and oxygen atoms in total. The van der Waals surface area contributed by atoms with Gasteiger partial charge in [-0.05, 0) is 51.8 Å². The molecular weight excluding hydrogens is 939 g/mol. The van der Waals surface area contributed by atoms with Crippen molar-refractivity contribution in [3.8, 4) is 0 Å². The van der Waals surface area contributed by atoms with E-state index in [9.17, 15) is 62.3 Å². The zero-order chi connectivity index (χ0) is 49.5. The van der Waals surface area contributed by atoms with Crippen LogP contribution in [0.5, 0.6) is 0 Å². The van der Waals surface area contributed by atoms with E-state index in [1.54, 1.807) is 24.3 Å². The highest BCUT2D eigenvalue weighted by Crippen LogP contribution is 2.66. The van der Waals surface area contributed by atoms with E-state index in [-0.39, 0.29) is 82.8 Å². The second kappa shape index (κ2) is 25.3. The summed E-state index contributed by atoms with van der Waals surface area (Å²) in [5, 5.41) is 6.82. The maximum Gasteiger partial charge on any atom is 0.250 e. The van der Waals surface area contributed by atoms with Gasteiger partial charge in [-0.15, -0.1) is 11.8 Å². The Hall–Kier alpha value is -5.14. The molecule has 3 aliphatic rings. The number of hydrogen-bond acceptors (Lipinski definition) is 19. The summed E-state index contributed by atoms with van der Waals surface area (Å²) in [5.74, 6) is -7.97. The predicted molar refractivity (Wildman–Crippen MR) is 242 cm³/mol. The first-order valence-electron chi connectivity index (χ1n) is 21.2. The second-order valence-corrected chi connectivity index (χ2v) is 19.6. The lowest BCUT2D eigenvalue weighted by molar-refractivity contribution is -0.155. The number of rotatable bonds is 31. The maximum absolute atomic E-state index is 13.5. The molecule has 2 atom stereocenters. The van der Waals surface area contributed by atoms with Gasteiger partial charge in [-0.25, -0.2) is 0 Å². The molecule has 0 bridgehead atoms. The van der Waals surface area contributed by atoms with E-state index in [2.05, 4.69) is 16.0 Å². The maximum atomic E-state index is 13.5. The van der Waals surface area contributed by atoms with Crippen molar-refractivity contribution >= 4 is 115 Å². The minimum Gasteiger partial charge on any atom is -0.379 e. The molecule has 3 saturated heterocycles. The Balaban J connectivity index is 1.13. The molecule has 3 heterocycles. The number of carbonyl (C=O) groups excluding carboxylic acids is 13. The van der Waals surface area contributed by atoms with Gasteiger partial charge in [-0.3, -0.25) is 72.1 Å².